The fourth-order valence-corrected chi connectivity index (χ4v) is 4.56. The molecule has 1 N–H and O–H groups in total. The van der Waals surface area contributed by atoms with Gasteiger partial charge >= 0.3 is 0 Å². The molecule has 2 aromatic carbocycles. The molecule has 2 aromatic rings. The highest BCUT2D eigenvalue weighted by molar-refractivity contribution is 7.92. The average molecular weight is 428 g/mol. The first kappa shape index (κ1) is 22.2. The van der Waals surface area contributed by atoms with Crippen LogP contribution in [0.25, 0.3) is 6.08 Å². The Morgan fingerprint density at radius 3 is 2.23 bits per heavy atom. The molecule has 1 amide bonds. The van der Waals surface area contributed by atoms with E-state index in [0.717, 1.165) is 5.56 Å². The number of rotatable bonds is 8. The van der Waals surface area contributed by atoms with Gasteiger partial charge in [0.1, 0.15) is 0 Å². The van der Waals surface area contributed by atoms with Gasteiger partial charge in [0.05, 0.1) is 6.54 Å². The number of hydrogen-bond donors (Lipinski definition) is 1. The number of sulfonamides is 1. The van der Waals surface area contributed by atoms with Gasteiger partial charge in [0, 0.05) is 38.1 Å². The Morgan fingerprint density at radius 2 is 1.60 bits per heavy atom. The number of nitrogens with one attached hydrogen (secondary N) is 1. The van der Waals surface area contributed by atoms with Crippen LogP contribution in [0.2, 0.25) is 0 Å². The van der Waals surface area contributed by atoms with Gasteiger partial charge in [0.25, 0.3) is 0 Å². The number of amides is 1. The summed E-state index contributed by atoms with van der Waals surface area (Å²) in [5.74, 6) is 0.214. The van der Waals surface area contributed by atoms with Crippen molar-refractivity contribution in [1.82, 2.24) is 14.5 Å². The summed E-state index contributed by atoms with van der Waals surface area (Å²) in [5.41, 5.74) is 2.04. The van der Waals surface area contributed by atoms with Gasteiger partial charge in [-0.15, -0.1) is 0 Å². The SMILES string of the molecule is CC(CNC(=O)CN1CCN(S(=O)(=O)C=Cc2ccccc2)CC1)c1ccccc1. The number of carbonyl (C=O) groups excluding carboxylic acids is 1. The summed E-state index contributed by atoms with van der Waals surface area (Å²) in [6.45, 7) is 4.81. The van der Waals surface area contributed by atoms with E-state index in [2.05, 4.69) is 24.4 Å². The molecule has 0 aliphatic carbocycles. The molecular formula is C23H29N3O3S. The smallest absolute Gasteiger partial charge is 0.236 e. The van der Waals surface area contributed by atoms with Crippen molar-refractivity contribution in [2.75, 3.05) is 39.3 Å². The molecule has 1 aliphatic heterocycles. The second-order valence-corrected chi connectivity index (χ2v) is 9.37. The Hall–Kier alpha value is -2.48. The molecule has 0 radical (unpaired) electrons. The number of piperazine rings is 1. The van der Waals surface area contributed by atoms with Gasteiger partial charge in [-0.2, -0.15) is 4.31 Å². The molecule has 1 atom stereocenters. The molecule has 6 nitrogen and oxygen atoms in total. The van der Waals surface area contributed by atoms with Crippen LogP contribution in [0.1, 0.15) is 24.0 Å². The summed E-state index contributed by atoms with van der Waals surface area (Å²) in [4.78, 5) is 14.3. The maximum absolute atomic E-state index is 12.5. The lowest BCUT2D eigenvalue weighted by Gasteiger charge is -2.32. The van der Waals surface area contributed by atoms with Crippen molar-refractivity contribution in [3.8, 4) is 0 Å². The third kappa shape index (κ3) is 6.52. The van der Waals surface area contributed by atoms with Crippen LogP contribution in [0.15, 0.2) is 66.1 Å². The third-order valence-electron chi connectivity index (χ3n) is 5.26. The molecule has 30 heavy (non-hydrogen) atoms. The van der Waals surface area contributed by atoms with E-state index in [4.69, 9.17) is 0 Å². The molecule has 160 valence electrons. The van der Waals surface area contributed by atoms with E-state index < -0.39 is 10.0 Å². The standard InChI is InChI=1S/C23H29N3O3S/c1-20(22-10-6-3-7-11-22)18-24-23(27)19-25-13-15-26(16-14-25)30(28,29)17-12-21-8-4-2-5-9-21/h2-12,17,20H,13-16,18-19H2,1H3,(H,24,27). The van der Waals surface area contributed by atoms with Gasteiger partial charge in [-0.25, -0.2) is 8.42 Å². The summed E-state index contributed by atoms with van der Waals surface area (Å²) >= 11 is 0. The van der Waals surface area contributed by atoms with Gasteiger partial charge in [-0.05, 0) is 23.1 Å². The minimum Gasteiger partial charge on any atom is -0.354 e. The summed E-state index contributed by atoms with van der Waals surface area (Å²) in [6.07, 6.45) is 1.61. The fraction of sp³-hybridized carbons (Fsp3) is 0.348. The predicted molar refractivity (Wildman–Crippen MR) is 120 cm³/mol. The molecule has 1 saturated heterocycles. The van der Waals surface area contributed by atoms with Gasteiger partial charge in [-0.1, -0.05) is 67.6 Å². The zero-order valence-corrected chi connectivity index (χ0v) is 18.1. The van der Waals surface area contributed by atoms with Crippen LogP contribution in [0.5, 0.6) is 0 Å². The molecule has 1 aliphatic rings. The Labute approximate surface area is 179 Å². The quantitative estimate of drug-likeness (QED) is 0.703. The maximum atomic E-state index is 12.5. The summed E-state index contributed by atoms with van der Waals surface area (Å²) in [6, 6.07) is 19.4. The first-order valence-corrected chi connectivity index (χ1v) is 11.7. The first-order valence-electron chi connectivity index (χ1n) is 10.2. The number of benzene rings is 2. The van der Waals surface area contributed by atoms with E-state index in [-0.39, 0.29) is 18.4 Å². The van der Waals surface area contributed by atoms with Gasteiger partial charge < -0.3 is 5.32 Å². The molecular weight excluding hydrogens is 398 g/mol. The molecule has 0 bridgehead atoms. The van der Waals surface area contributed by atoms with E-state index in [1.165, 1.54) is 15.3 Å². The van der Waals surface area contributed by atoms with E-state index in [0.29, 0.717) is 32.7 Å². The minimum atomic E-state index is -3.46. The van der Waals surface area contributed by atoms with Crippen molar-refractivity contribution >= 4 is 22.0 Å². The highest BCUT2D eigenvalue weighted by Gasteiger charge is 2.26. The summed E-state index contributed by atoms with van der Waals surface area (Å²) in [7, 11) is -3.46. The van der Waals surface area contributed by atoms with E-state index >= 15 is 0 Å². The molecule has 1 heterocycles. The second-order valence-electron chi connectivity index (χ2n) is 7.55. The van der Waals surface area contributed by atoms with Gasteiger partial charge in [-0.3, -0.25) is 9.69 Å². The molecule has 3 rings (SSSR count). The lowest BCUT2D eigenvalue weighted by molar-refractivity contribution is -0.122. The number of hydrogen-bond acceptors (Lipinski definition) is 4. The largest absolute Gasteiger partial charge is 0.354 e. The normalized spacial score (nSPS) is 17.1. The van der Waals surface area contributed by atoms with Crippen LogP contribution in [-0.2, 0) is 14.8 Å². The van der Waals surface area contributed by atoms with Crippen molar-refractivity contribution in [1.29, 1.82) is 0 Å². The Kier molecular flexibility index (Phi) is 7.79. The highest BCUT2D eigenvalue weighted by Crippen LogP contribution is 2.14. The molecule has 1 unspecified atom stereocenters. The van der Waals surface area contributed by atoms with E-state index in [1.807, 2.05) is 53.4 Å². The van der Waals surface area contributed by atoms with Crippen LogP contribution < -0.4 is 5.32 Å². The number of nitrogens with zero attached hydrogens (tertiary/aromatic N) is 2. The molecule has 1 fully saturated rings. The van der Waals surface area contributed by atoms with Crippen molar-refractivity contribution < 1.29 is 13.2 Å². The van der Waals surface area contributed by atoms with Crippen LogP contribution in [0.3, 0.4) is 0 Å². The van der Waals surface area contributed by atoms with Crippen LogP contribution >= 0.6 is 0 Å². The zero-order valence-electron chi connectivity index (χ0n) is 17.3. The van der Waals surface area contributed by atoms with E-state index in [1.54, 1.807) is 6.08 Å². The minimum absolute atomic E-state index is 0.0296. The zero-order chi connectivity index (χ0) is 21.4. The van der Waals surface area contributed by atoms with Crippen molar-refractivity contribution in [2.45, 2.75) is 12.8 Å². The Bertz CT molecular complexity index is 938. The third-order valence-corrected chi connectivity index (χ3v) is 6.83. The average Bonchev–Trinajstić information content (AvgIpc) is 2.78. The number of carbonyl (C=O) groups is 1. The monoisotopic (exact) mass is 427 g/mol. The van der Waals surface area contributed by atoms with E-state index in [9.17, 15) is 13.2 Å². The molecule has 0 spiro atoms. The van der Waals surface area contributed by atoms with Crippen molar-refractivity contribution in [3.05, 3.63) is 77.2 Å². The van der Waals surface area contributed by atoms with Gasteiger partial charge in [0.15, 0.2) is 0 Å². The lowest BCUT2D eigenvalue weighted by Crippen LogP contribution is -2.50. The highest BCUT2D eigenvalue weighted by atomic mass is 32.2. The second kappa shape index (κ2) is 10.5. The molecule has 7 heteroatoms. The predicted octanol–water partition coefficient (Wildman–Crippen LogP) is 2.52. The Morgan fingerprint density at radius 1 is 1.00 bits per heavy atom. The van der Waals surface area contributed by atoms with Crippen LogP contribution in [-0.4, -0.2) is 62.8 Å². The van der Waals surface area contributed by atoms with Crippen molar-refractivity contribution in [2.24, 2.45) is 0 Å². The summed E-state index contributed by atoms with van der Waals surface area (Å²) < 4.78 is 26.6. The maximum Gasteiger partial charge on any atom is 0.236 e. The van der Waals surface area contributed by atoms with Gasteiger partial charge in [0.2, 0.25) is 15.9 Å². The topological polar surface area (TPSA) is 69.7 Å². The lowest BCUT2D eigenvalue weighted by atomic mass is 10.0. The summed E-state index contributed by atoms with van der Waals surface area (Å²) in [5, 5.41) is 4.24. The van der Waals surface area contributed by atoms with Crippen LogP contribution in [0.4, 0.5) is 0 Å². The molecule has 0 saturated carbocycles. The Balaban J connectivity index is 1.42. The molecule has 0 aromatic heterocycles. The van der Waals surface area contributed by atoms with Crippen LogP contribution in [0, 0.1) is 0 Å². The first-order chi connectivity index (χ1) is 14.4. The fourth-order valence-electron chi connectivity index (χ4n) is 3.38. The van der Waals surface area contributed by atoms with Crippen molar-refractivity contribution in [3.63, 3.8) is 0 Å².